The van der Waals surface area contributed by atoms with Crippen LogP contribution in [0.15, 0.2) is 36.4 Å². The van der Waals surface area contributed by atoms with Gasteiger partial charge in [0.1, 0.15) is 5.82 Å². The number of carbonyl (C=O) groups excluding carboxylic acids is 1. The average molecular weight is 353 g/mol. The van der Waals surface area contributed by atoms with Gasteiger partial charge in [-0.1, -0.05) is 23.2 Å². The molecule has 2 aromatic rings. The molecule has 1 amide bonds. The third-order valence-electron chi connectivity index (χ3n) is 3.67. The summed E-state index contributed by atoms with van der Waals surface area (Å²) in [5.41, 5.74) is 1.16. The summed E-state index contributed by atoms with van der Waals surface area (Å²) in [7, 11) is 0. The molecule has 1 aliphatic carbocycles. The second kappa shape index (κ2) is 6.77. The van der Waals surface area contributed by atoms with E-state index in [-0.39, 0.29) is 11.5 Å². The van der Waals surface area contributed by atoms with E-state index in [1.165, 1.54) is 12.1 Å². The van der Waals surface area contributed by atoms with Gasteiger partial charge in [-0.2, -0.15) is 0 Å². The standard InChI is InChI=1S/C17H15Cl2FN2O/c18-11-3-6-16(14(19)7-11)22-12-4-5-13(15(20)8-12)17(23)21-9-10-1-2-10/h3-8,10,22H,1-2,9H2,(H,21,23). The van der Waals surface area contributed by atoms with Crippen LogP contribution in [-0.2, 0) is 0 Å². The van der Waals surface area contributed by atoms with E-state index in [9.17, 15) is 9.18 Å². The summed E-state index contributed by atoms with van der Waals surface area (Å²) in [5.74, 6) is -0.408. The van der Waals surface area contributed by atoms with Gasteiger partial charge in [0.05, 0.1) is 16.3 Å². The van der Waals surface area contributed by atoms with Gasteiger partial charge in [-0.15, -0.1) is 0 Å². The summed E-state index contributed by atoms with van der Waals surface area (Å²) < 4.78 is 14.2. The Hall–Kier alpha value is -1.78. The highest BCUT2D eigenvalue weighted by Crippen LogP contribution is 2.29. The van der Waals surface area contributed by atoms with Crippen molar-refractivity contribution in [1.29, 1.82) is 0 Å². The van der Waals surface area contributed by atoms with Crippen molar-refractivity contribution < 1.29 is 9.18 Å². The first-order valence-corrected chi connectivity index (χ1v) is 8.08. The summed E-state index contributed by atoms with van der Waals surface area (Å²) in [4.78, 5) is 12.0. The van der Waals surface area contributed by atoms with Crippen molar-refractivity contribution in [3.63, 3.8) is 0 Å². The number of rotatable bonds is 5. The second-order valence-electron chi connectivity index (χ2n) is 5.60. The van der Waals surface area contributed by atoms with Crippen LogP contribution in [0.3, 0.4) is 0 Å². The largest absolute Gasteiger partial charge is 0.354 e. The highest BCUT2D eigenvalue weighted by Gasteiger charge is 2.22. The average Bonchev–Trinajstić information content (AvgIpc) is 3.32. The van der Waals surface area contributed by atoms with E-state index in [1.54, 1.807) is 24.3 Å². The van der Waals surface area contributed by atoms with Crippen LogP contribution in [0.5, 0.6) is 0 Å². The maximum absolute atomic E-state index is 14.2. The van der Waals surface area contributed by atoms with E-state index in [2.05, 4.69) is 10.6 Å². The van der Waals surface area contributed by atoms with Gasteiger partial charge in [-0.25, -0.2) is 4.39 Å². The minimum Gasteiger partial charge on any atom is -0.354 e. The molecule has 0 bridgehead atoms. The van der Waals surface area contributed by atoms with Gasteiger partial charge in [0.25, 0.3) is 5.91 Å². The number of hydrogen-bond donors (Lipinski definition) is 2. The van der Waals surface area contributed by atoms with Gasteiger partial charge in [0.2, 0.25) is 0 Å². The topological polar surface area (TPSA) is 41.1 Å². The Morgan fingerprint density at radius 1 is 1.17 bits per heavy atom. The predicted molar refractivity (Wildman–Crippen MR) is 91.2 cm³/mol. The molecule has 2 N–H and O–H groups in total. The zero-order valence-corrected chi connectivity index (χ0v) is 13.7. The summed E-state index contributed by atoms with van der Waals surface area (Å²) in [6, 6.07) is 9.37. The Morgan fingerprint density at radius 2 is 1.96 bits per heavy atom. The Kier molecular flexibility index (Phi) is 4.74. The summed E-state index contributed by atoms with van der Waals surface area (Å²) >= 11 is 11.9. The fourth-order valence-corrected chi connectivity index (χ4v) is 2.63. The maximum Gasteiger partial charge on any atom is 0.254 e. The van der Waals surface area contributed by atoms with E-state index >= 15 is 0 Å². The number of amides is 1. The first-order chi connectivity index (χ1) is 11.0. The molecule has 0 radical (unpaired) electrons. The highest BCUT2D eigenvalue weighted by atomic mass is 35.5. The van der Waals surface area contributed by atoms with Gasteiger partial charge in [-0.3, -0.25) is 4.79 Å². The molecule has 0 aromatic heterocycles. The molecule has 0 unspecified atom stereocenters. The van der Waals surface area contributed by atoms with Crippen molar-refractivity contribution in [2.24, 2.45) is 5.92 Å². The van der Waals surface area contributed by atoms with Gasteiger partial charge >= 0.3 is 0 Å². The molecule has 1 fully saturated rings. The molecule has 23 heavy (non-hydrogen) atoms. The van der Waals surface area contributed by atoms with Crippen molar-refractivity contribution in [3.8, 4) is 0 Å². The fourth-order valence-electron chi connectivity index (χ4n) is 2.18. The summed E-state index contributed by atoms with van der Waals surface area (Å²) in [5, 5.41) is 6.71. The molecule has 3 rings (SSSR count). The number of halogens is 3. The zero-order chi connectivity index (χ0) is 16.4. The molecular weight excluding hydrogens is 338 g/mol. The maximum atomic E-state index is 14.2. The fraction of sp³-hybridized carbons (Fsp3) is 0.235. The van der Waals surface area contributed by atoms with Crippen molar-refractivity contribution in [3.05, 3.63) is 57.8 Å². The molecule has 0 saturated heterocycles. The molecular formula is C17H15Cl2FN2O. The van der Waals surface area contributed by atoms with Crippen molar-refractivity contribution in [1.82, 2.24) is 5.32 Å². The van der Waals surface area contributed by atoms with Crippen LogP contribution < -0.4 is 10.6 Å². The predicted octanol–water partition coefficient (Wildman–Crippen LogP) is 5.02. The molecule has 6 heteroatoms. The first-order valence-electron chi connectivity index (χ1n) is 7.33. The lowest BCUT2D eigenvalue weighted by Gasteiger charge is -2.11. The lowest BCUT2D eigenvalue weighted by atomic mass is 10.1. The molecule has 0 aliphatic heterocycles. The minimum absolute atomic E-state index is 0.0402. The summed E-state index contributed by atoms with van der Waals surface area (Å²) in [6.07, 6.45) is 2.26. The number of hydrogen-bond acceptors (Lipinski definition) is 2. The number of benzene rings is 2. The minimum atomic E-state index is -0.576. The molecule has 2 aromatic carbocycles. The molecule has 1 saturated carbocycles. The van der Waals surface area contributed by atoms with Gasteiger partial charge < -0.3 is 10.6 Å². The summed E-state index contributed by atoms with van der Waals surface area (Å²) in [6.45, 7) is 0.610. The Bertz CT molecular complexity index is 747. The number of carbonyl (C=O) groups is 1. The van der Waals surface area contributed by atoms with Gasteiger partial charge in [0.15, 0.2) is 0 Å². The molecule has 3 nitrogen and oxygen atoms in total. The zero-order valence-electron chi connectivity index (χ0n) is 12.2. The van der Waals surface area contributed by atoms with Crippen LogP contribution in [0.2, 0.25) is 10.0 Å². The smallest absolute Gasteiger partial charge is 0.254 e. The third-order valence-corrected chi connectivity index (χ3v) is 4.22. The molecule has 0 atom stereocenters. The number of anilines is 2. The van der Waals surface area contributed by atoms with E-state index < -0.39 is 5.82 Å². The van der Waals surface area contributed by atoms with Crippen LogP contribution in [0.4, 0.5) is 15.8 Å². The van der Waals surface area contributed by atoms with E-state index in [0.717, 1.165) is 12.8 Å². The van der Waals surface area contributed by atoms with Crippen molar-refractivity contribution in [2.75, 3.05) is 11.9 Å². The van der Waals surface area contributed by atoms with Crippen LogP contribution in [0.25, 0.3) is 0 Å². The normalized spacial score (nSPS) is 13.7. The molecule has 0 heterocycles. The van der Waals surface area contributed by atoms with E-state index in [1.807, 2.05) is 0 Å². The monoisotopic (exact) mass is 352 g/mol. The van der Waals surface area contributed by atoms with Crippen LogP contribution in [0, 0.1) is 11.7 Å². The lowest BCUT2D eigenvalue weighted by Crippen LogP contribution is -2.26. The lowest BCUT2D eigenvalue weighted by molar-refractivity contribution is 0.0948. The van der Waals surface area contributed by atoms with Gasteiger partial charge in [-0.05, 0) is 55.2 Å². The second-order valence-corrected chi connectivity index (χ2v) is 6.44. The van der Waals surface area contributed by atoms with Crippen LogP contribution in [0.1, 0.15) is 23.2 Å². The highest BCUT2D eigenvalue weighted by molar-refractivity contribution is 6.36. The van der Waals surface area contributed by atoms with Gasteiger partial charge in [0, 0.05) is 17.3 Å². The Balaban J connectivity index is 1.71. The SMILES string of the molecule is O=C(NCC1CC1)c1ccc(Nc2ccc(Cl)cc2Cl)cc1F. The Labute approximate surface area is 143 Å². The number of nitrogens with one attached hydrogen (secondary N) is 2. The molecule has 120 valence electrons. The van der Waals surface area contributed by atoms with Crippen LogP contribution in [-0.4, -0.2) is 12.5 Å². The third kappa shape index (κ3) is 4.15. The van der Waals surface area contributed by atoms with Crippen molar-refractivity contribution >= 4 is 40.5 Å². The van der Waals surface area contributed by atoms with Crippen molar-refractivity contribution in [2.45, 2.75) is 12.8 Å². The molecule has 0 spiro atoms. The van der Waals surface area contributed by atoms with E-state index in [0.29, 0.717) is 33.9 Å². The Morgan fingerprint density at radius 3 is 2.61 bits per heavy atom. The van der Waals surface area contributed by atoms with E-state index in [4.69, 9.17) is 23.2 Å². The molecule has 1 aliphatic rings. The van der Waals surface area contributed by atoms with Crippen LogP contribution >= 0.6 is 23.2 Å². The first kappa shape index (κ1) is 16.1. The quantitative estimate of drug-likeness (QED) is 0.793.